The van der Waals surface area contributed by atoms with Crippen LogP contribution in [0.3, 0.4) is 0 Å². The van der Waals surface area contributed by atoms with Crippen molar-refractivity contribution in [2.45, 2.75) is 32.7 Å². The maximum atomic E-state index is 13.2. The van der Waals surface area contributed by atoms with Crippen molar-refractivity contribution in [1.29, 1.82) is 0 Å². The zero-order valence-electron chi connectivity index (χ0n) is 16.0. The summed E-state index contributed by atoms with van der Waals surface area (Å²) in [7, 11) is 1.91. The van der Waals surface area contributed by atoms with Crippen LogP contribution in [-0.2, 0) is 7.05 Å². The van der Waals surface area contributed by atoms with Crippen molar-refractivity contribution in [2.75, 3.05) is 24.5 Å². The van der Waals surface area contributed by atoms with Crippen molar-refractivity contribution in [3.8, 4) is 0 Å². The number of carbonyl (C=O) groups is 2. The molecule has 4 rings (SSSR count). The summed E-state index contributed by atoms with van der Waals surface area (Å²) in [6, 6.07) is 5.61. The molecule has 7 heteroatoms. The molecule has 1 aromatic heterocycles. The third-order valence-corrected chi connectivity index (χ3v) is 5.52. The Balaban J connectivity index is 1.59. The first-order valence-electron chi connectivity index (χ1n) is 9.43. The number of aromatic nitrogens is 2. The van der Waals surface area contributed by atoms with Gasteiger partial charge >= 0.3 is 6.03 Å². The van der Waals surface area contributed by atoms with E-state index in [2.05, 4.69) is 10.4 Å². The highest BCUT2D eigenvalue weighted by atomic mass is 16.2. The fourth-order valence-electron chi connectivity index (χ4n) is 4.24. The van der Waals surface area contributed by atoms with Gasteiger partial charge in [0, 0.05) is 49.7 Å². The lowest BCUT2D eigenvalue weighted by Crippen LogP contribution is -2.31. The molecule has 2 saturated heterocycles. The molecule has 2 aliphatic heterocycles. The lowest BCUT2D eigenvalue weighted by Gasteiger charge is -2.25. The van der Waals surface area contributed by atoms with Gasteiger partial charge in [0.05, 0.1) is 11.7 Å². The van der Waals surface area contributed by atoms with E-state index in [1.54, 1.807) is 4.90 Å². The van der Waals surface area contributed by atoms with Crippen LogP contribution in [-0.4, -0.2) is 46.3 Å². The van der Waals surface area contributed by atoms with E-state index in [-0.39, 0.29) is 18.0 Å². The van der Waals surface area contributed by atoms with E-state index in [1.807, 2.05) is 54.9 Å². The number of anilines is 1. The lowest BCUT2D eigenvalue weighted by molar-refractivity contribution is 0.0735. The monoisotopic (exact) mass is 367 g/mol. The Bertz CT molecular complexity index is 904. The molecule has 2 aliphatic rings. The van der Waals surface area contributed by atoms with Crippen LogP contribution >= 0.6 is 0 Å². The number of aryl methyl sites for hydroxylation is 3. The molecular weight excluding hydrogens is 342 g/mol. The Morgan fingerprint density at radius 3 is 2.70 bits per heavy atom. The largest absolute Gasteiger partial charge is 0.336 e. The van der Waals surface area contributed by atoms with E-state index < -0.39 is 0 Å². The molecule has 27 heavy (non-hydrogen) atoms. The summed E-state index contributed by atoms with van der Waals surface area (Å²) in [5.41, 5.74) is 4.58. The number of rotatable bonds is 3. The number of nitrogens with zero attached hydrogens (tertiary/aromatic N) is 4. The first-order chi connectivity index (χ1) is 13.0. The highest BCUT2D eigenvalue weighted by Crippen LogP contribution is 2.35. The van der Waals surface area contributed by atoms with Crippen molar-refractivity contribution < 1.29 is 9.59 Å². The number of hydrogen-bond donors (Lipinski definition) is 1. The van der Waals surface area contributed by atoms with E-state index in [0.29, 0.717) is 18.7 Å². The van der Waals surface area contributed by atoms with Crippen LogP contribution in [0.2, 0.25) is 0 Å². The van der Waals surface area contributed by atoms with E-state index in [1.165, 1.54) is 0 Å². The molecule has 1 aromatic carbocycles. The summed E-state index contributed by atoms with van der Waals surface area (Å²) in [6.45, 7) is 6.01. The number of hydrogen-bond acceptors (Lipinski definition) is 3. The topological polar surface area (TPSA) is 70.5 Å². The number of nitrogens with one attached hydrogen (secondary N) is 1. The van der Waals surface area contributed by atoms with Crippen molar-refractivity contribution in [3.05, 3.63) is 46.8 Å². The van der Waals surface area contributed by atoms with Crippen LogP contribution in [0.1, 0.15) is 46.1 Å². The SMILES string of the molecule is Cc1cc(C(=O)N2CCCC2c2cn(C)nc2C)ccc1N1CCNC1=O. The minimum absolute atomic E-state index is 0.0428. The molecule has 1 N–H and O–H groups in total. The van der Waals surface area contributed by atoms with Gasteiger partial charge in [0.2, 0.25) is 0 Å². The molecule has 142 valence electrons. The van der Waals surface area contributed by atoms with E-state index >= 15 is 0 Å². The lowest BCUT2D eigenvalue weighted by atomic mass is 10.0. The molecule has 7 nitrogen and oxygen atoms in total. The number of amides is 3. The van der Waals surface area contributed by atoms with Crippen molar-refractivity contribution in [1.82, 2.24) is 20.0 Å². The normalized spacial score (nSPS) is 19.7. The molecule has 0 spiro atoms. The molecule has 1 atom stereocenters. The first kappa shape index (κ1) is 17.6. The van der Waals surface area contributed by atoms with Gasteiger partial charge < -0.3 is 10.2 Å². The molecule has 2 fully saturated rings. The highest BCUT2D eigenvalue weighted by Gasteiger charge is 2.33. The van der Waals surface area contributed by atoms with Crippen LogP contribution in [0.15, 0.2) is 24.4 Å². The molecule has 0 saturated carbocycles. The molecule has 0 aliphatic carbocycles. The fraction of sp³-hybridized carbons (Fsp3) is 0.450. The third kappa shape index (κ3) is 3.07. The van der Waals surface area contributed by atoms with Gasteiger partial charge in [-0.2, -0.15) is 5.10 Å². The molecule has 3 amide bonds. The van der Waals surface area contributed by atoms with Gasteiger partial charge in [0.25, 0.3) is 5.91 Å². The van der Waals surface area contributed by atoms with Gasteiger partial charge in [-0.25, -0.2) is 4.79 Å². The van der Waals surface area contributed by atoms with E-state index in [9.17, 15) is 9.59 Å². The number of carbonyl (C=O) groups excluding carboxylic acids is 2. The highest BCUT2D eigenvalue weighted by molar-refractivity contribution is 5.98. The molecule has 0 radical (unpaired) electrons. The predicted octanol–water partition coefficient (Wildman–Crippen LogP) is 2.54. The Hall–Kier alpha value is -2.83. The smallest absolute Gasteiger partial charge is 0.322 e. The Labute approximate surface area is 158 Å². The number of urea groups is 1. The summed E-state index contributed by atoms with van der Waals surface area (Å²) in [4.78, 5) is 28.8. The maximum Gasteiger partial charge on any atom is 0.322 e. The Morgan fingerprint density at radius 2 is 2.07 bits per heavy atom. The minimum Gasteiger partial charge on any atom is -0.336 e. The summed E-state index contributed by atoms with van der Waals surface area (Å²) >= 11 is 0. The van der Waals surface area contributed by atoms with Crippen LogP contribution < -0.4 is 10.2 Å². The number of benzene rings is 1. The van der Waals surface area contributed by atoms with Crippen molar-refractivity contribution >= 4 is 17.6 Å². The van der Waals surface area contributed by atoms with Gasteiger partial charge in [-0.15, -0.1) is 0 Å². The zero-order chi connectivity index (χ0) is 19.1. The Kier molecular flexibility index (Phi) is 4.37. The van der Waals surface area contributed by atoms with E-state index in [4.69, 9.17) is 0 Å². The molecule has 0 bridgehead atoms. The summed E-state index contributed by atoms with van der Waals surface area (Å²) in [5, 5.41) is 7.25. The molecule has 1 unspecified atom stereocenters. The second-order valence-corrected chi connectivity index (χ2v) is 7.38. The number of likely N-dealkylation sites (tertiary alicyclic amines) is 1. The summed E-state index contributed by atoms with van der Waals surface area (Å²) in [5.74, 6) is 0.0428. The Morgan fingerprint density at radius 1 is 1.26 bits per heavy atom. The summed E-state index contributed by atoms with van der Waals surface area (Å²) in [6.07, 6.45) is 3.98. The third-order valence-electron chi connectivity index (χ3n) is 5.52. The molecule has 3 heterocycles. The van der Waals surface area contributed by atoms with Crippen LogP contribution in [0.5, 0.6) is 0 Å². The van der Waals surface area contributed by atoms with Crippen LogP contribution in [0.25, 0.3) is 0 Å². The average molecular weight is 367 g/mol. The van der Waals surface area contributed by atoms with Gasteiger partial charge in [-0.3, -0.25) is 14.4 Å². The second-order valence-electron chi connectivity index (χ2n) is 7.38. The van der Waals surface area contributed by atoms with Crippen LogP contribution in [0, 0.1) is 13.8 Å². The summed E-state index contributed by atoms with van der Waals surface area (Å²) < 4.78 is 1.81. The standard InChI is InChI=1S/C20H25N5O2/c1-13-11-15(6-7-17(13)25-10-8-21-20(25)27)19(26)24-9-4-5-18(24)16-12-23(3)22-14(16)2/h6-7,11-12,18H,4-5,8-10H2,1-3H3,(H,21,27). The first-order valence-corrected chi connectivity index (χ1v) is 9.43. The second kappa shape index (κ2) is 6.72. The molecular formula is C20H25N5O2. The van der Waals surface area contributed by atoms with Crippen LogP contribution in [0.4, 0.5) is 10.5 Å². The predicted molar refractivity (Wildman–Crippen MR) is 103 cm³/mol. The quantitative estimate of drug-likeness (QED) is 0.906. The van der Waals surface area contributed by atoms with Crippen molar-refractivity contribution in [2.24, 2.45) is 7.05 Å². The van der Waals surface area contributed by atoms with Gasteiger partial charge in [0.1, 0.15) is 0 Å². The minimum atomic E-state index is -0.0798. The van der Waals surface area contributed by atoms with Crippen molar-refractivity contribution in [3.63, 3.8) is 0 Å². The zero-order valence-corrected chi connectivity index (χ0v) is 16.0. The average Bonchev–Trinajstić information content (AvgIpc) is 3.34. The van der Waals surface area contributed by atoms with Gasteiger partial charge in [0.15, 0.2) is 0 Å². The van der Waals surface area contributed by atoms with Gasteiger partial charge in [-0.05, 0) is 50.5 Å². The van der Waals surface area contributed by atoms with Gasteiger partial charge in [-0.1, -0.05) is 0 Å². The van der Waals surface area contributed by atoms with E-state index in [0.717, 1.165) is 41.9 Å². The maximum absolute atomic E-state index is 13.2. The molecule has 2 aromatic rings. The fourth-order valence-corrected chi connectivity index (χ4v) is 4.24.